The first-order chi connectivity index (χ1) is 5.63. The summed E-state index contributed by atoms with van der Waals surface area (Å²) >= 11 is 0. The fourth-order valence-electron chi connectivity index (χ4n) is 0.864. The Morgan fingerprint density at radius 1 is 1.54 bits per heavy atom. The molecular formula is C8H10ClNO3. The number of aryl methyl sites for hydroxylation is 1. The van der Waals surface area contributed by atoms with E-state index < -0.39 is 5.97 Å². The summed E-state index contributed by atoms with van der Waals surface area (Å²) in [5, 5.41) is 8.61. The zero-order valence-corrected chi connectivity index (χ0v) is 8.09. The van der Waals surface area contributed by atoms with E-state index in [4.69, 9.17) is 9.84 Å². The molecule has 1 N–H and O–H groups in total. The number of ether oxygens (including phenoxy) is 1. The van der Waals surface area contributed by atoms with Gasteiger partial charge < -0.3 is 9.84 Å². The van der Waals surface area contributed by atoms with E-state index >= 15 is 0 Å². The third-order valence-corrected chi connectivity index (χ3v) is 1.38. The first kappa shape index (κ1) is 11.7. The number of carboxylic acids is 1. The maximum Gasteiger partial charge on any atom is 0.354 e. The molecule has 1 aromatic rings. The van der Waals surface area contributed by atoms with E-state index in [1.165, 1.54) is 13.2 Å². The van der Waals surface area contributed by atoms with Gasteiger partial charge in [0.15, 0.2) is 5.69 Å². The summed E-state index contributed by atoms with van der Waals surface area (Å²) in [6.45, 7) is 1.72. The highest BCUT2D eigenvalue weighted by atomic mass is 35.5. The Bertz CT molecular complexity index is 314. The van der Waals surface area contributed by atoms with Crippen molar-refractivity contribution in [3.63, 3.8) is 0 Å². The van der Waals surface area contributed by atoms with Gasteiger partial charge in [0, 0.05) is 17.8 Å². The zero-order chi connectivity index (χ0) is 9.14. The van der Waals surface area contributed by atoms with Gasteiger partial charge in [0.2, 0.25) is 0 Å². The third kappa shape index (κ3) is 2.91. The van der Waals surface area contributed by atoms with Crippen LogP contribution in [0.2, 0.25) is 0 Å². The highest BCUT2D eigenvalue weighted by Gasteiger charge is 2.06. The minimum Gasteiger partial charge on any atom is -0.497 e. The number of carbonyl (C=O) groups is 1. The lowest BCUT2D eigenvalue weighted by Gasteiger charge is -2.01. The van der Waals surface area contributed by atoms with Crippen molar-refractivity contribution in [3.8, 4) is 5.75 Å². The lowest BCUT2D eigenvalue weighted by Crippen LogP contribution is -2.01. The summed E-state index contributed by atoms with van der Waals surface area (Å²) in [5.41, 5.74) is 0.638. The van der Waals surface area contributed by atoms with Gasteiger partial charge >= 0.3 is 5.97 Å². The molecule has 0 saturated heterocycles. The van der Waals surface area contributed by atoms with Gasteiger partial charge in [-0.1, -0.05) is 0 Å². The first-order valence-electron chi connectivity index (χ1n) is 3.39. The summed E-state index contributed by atoms with van der Waals surface area (Å²) < 4.78 is 4.88. The van der Waals surface area contributed by atoms with E-state index in [9.17, 15) is 4.79 Å². The van der Waals surface area contributed by atoms with Crippen LogP contribution < -0.4 is 4.74 Å². The van der Waals surface area contributed by atoms with Crippen LogP contribution in [0.25, 0.3) is 0 Å². The Balaban J connectivity index is 0.00000144. The first-order valence-corrected chi connectivity index (χ1v) is 3.39. The number of hydrogen-bond acceptors (Lipinski definition) is 3. The van der Waals surface area contributed by atoms with Crippen LogP contribution in [0.1, 0.15) is 16.2 Å². The van der Waals surface area contributed by atoms with Crippen LogP contribution in [0.3, 0.4) is 0 Å². The normalized spacial score (nSPS) is 8.77. The molecule has 4 nitrogen and oxygen atoms in total. The van der Waals surface area contributed by atoms with Gasteiger partial charge in [0.25, 0.3) is 0 Å². The Kier molecular flexibility index (Phi) is 4.20. The molecule has 0 aliphatic heterocycles. The molecule has 1 heterocycles. The molecule has 0 bridgehead atoms. The summed E-state index contributed by atoms with van der Waals surface area (Å²) in [4.78, 5) is 14.3. The Hall–Kier alpha value is -1.29. The van der Waals surface area contributed by atoms with Crippen molar-refractivity contribution >= 4 is 18.4 Å². The number of carboxylic acid groups (broad SMARTS) is 1. The van der Waals surface area contributed by atoms with Crippen molar-refractivity contribution in [2.24, 2.45) is 0 Å². The van der Waals surface area contributed by atoms with Gasteiger partial charge in [-0.25, -0.2) is 9.78 Å². The molecule has 5 heteroatoms. The second-order valence-corrected chi connectivity index (χ2v) is 2.34. The second-order valence-electron chi connectivity index (χ2n) is 2.34. The molecule has 0 radical (unpaired) electrons. The fraction of sp³-hybridized carbons (Fsp3) is 0.250. The Labute approximate surface area is 82.0 Å². The molecule has 0 aliphatic carbocycles. The van der Waals surface area contributed by atoms with Gasteiger partial charge in [-0.2, -0.15) is 0 Å². The maximum absolute atomic E-state index is 10.5. The van der Waals surface area contributed by atoms with E-state index in [-0.39, 0.29) is 18.1 Å². The summed E-state index contributed by atoms with van der Waals surface area (Å²) in [7, 11) is 1.49. The fourth-order valence-corrected chi connectivity index (χ4v) is 0.864. The molecule has 0 unspecified atom stereocenters. The number of hydrogen-bond donors (Lipinski definition) is 1. The lowest BCUT2D eigenvalue weighted by molar-refractivity contribution is 0.0689. The number of aromatic nitrogens is 1. The van der Waals surface area contributed by atoms with Crippen molar-refractivity contribution in [2.45, 2.75) is 6.92 Å². The Morgan fingerprint density at radius 2 is 2.15 bits per heavy atom. The average Bonchev–Trinajstić information content (AvgIpc) is 2.03. The van der Waals surface area contributed by atoms with Crippen LogP contribution in [0, 0.1) is 6.92 Å². The molecular weight excluding hydrogens is 194 g/mol. The molecule has 1 rings (SSSR count). The van der Waals surface area contributed by atoms with E-state index in [1.54, 1.807) is 13.0 Å². The zero-order valence-electron chi connectivity index (χ0n) is 7.27. The molecule has 13 heavy (non-hydrogen) atoms. The summed E-state index contributed by atoms with van der Waals surface area (Å²) in [6.07, 6.45) is 0. The van der Waals surface area contributed by atoms with Crippen molar-refractivity contribution in [2.75, 3.05) is 7.11 Å². The van der Waals surface area contributed by atoms with Gasteiger partial charge in [-0.05, 0) is 6.92 Å². The van der Waals surface area contributed by atoms with Crippen molar-refractivity contribution in [1.29, 1.82) is 0 Å². The van der Waals surface area contributed by atoms with E-state index in [0.717, 1.165) is 0 Å². The average molecular weight is 204 g/mol. The molecule has 0 saturated carbocycles. The number of aromatic carboxylic acids is 1. The summed E-state index contributed by atoms with van der Waals surface area (Å²) in [5.74, 6) is -0.531. The molecule has 1 aromatic heterocycles. The molecule has 0 amide bonds. The van der Waals surface area contributed by atoms with Gasteiger partial charge in [0.05, 0.1) is 7.11 Å². The van der Waals surface area contributed by atoms with Crippen LogP contribution in [0.15, 0.2) is 12.1 Å². The van der Waals surface area contributed by atoms with Crippen LogP contribution in [-0.4, -0.2) is 23.2 Å². The van der Waals surface area contributed by atoms with Crippen LogP contribution in [0.4, 0.5) is 0 Å². The number of nitrogens with zero attached hydrogens (tertiary/aromatic N) is 1. The smallest absolute Gasteiger partial charge is 0.354 e. The van der Waals surface area contributed by atoms with E-state index in [2.05, 4.69) is 4.98 Å². The molecule has 72 valence electrons. The lowest BCUT2D eigenvalue weighted by atomic mass is 10.3. The van der Waals surface area contributed by atoms with Gasteiger partial charge in [-0.3, -0.25) is 0 Å². The second kappa shape index (κ2) is 4.67. The van der Waals surface area contributed by atoms with Gasteiger partial charge in [0.1, 0.15) is 5.75 Å². The minimum absolute atomic E-state index is 0. The number of rotatable bonds is 2. The summed E-state index contributed by atoms with van der Waals surface area (Å²) in [6, 6.07) is 3.06. The predicted molar refractivity (Wildman–Crippen MR) is 49.7 cm³/mol. The predicted octanol–water partition coefficient (Wildman–Crippen LogP) is 1.52. The largest absolute Gasteiger partial charge is 0.497 e. The number of methoxy groups -OCH3 is 1. The molecule has 0 aliphatic rings. The van der Waals surface area contributed by atoms with E-state index in [0.29, 0.717) is 11.4 Å². The van der Waals surface area contributed by atoms with E-state index in [1.807, 2.05) is 0 Å². The van der Waals surface area contributed by atoms with Gasteiger partial charge in [-0.15, -0.1) is 12.4 Å². The Morgan fingerprint density at radius 3 is 2.62 bits per heavy atom. The maximum atomic E-state index is 10.5. The quantitative estimate of drug-likeness (QED) is 0.792. The highest BCUT2D eigenvalue weighted by molar-refractivity contribution is 5.86. The molecule has 0 atom stereocenters. The topological polar surface area (TPSA) is 59.4 Å². The number of halogens is 1. The third-order valence-electron chi connectivity index (χ3n) is 1.38. The minimum atomic E-state index is -1.04. The molecule has 0 aromatic carbocycles. The molecule has 0 spiro atoms. The number of pyridine rings is 1. The standard InChI is InChI=1S/C8H9NO3.ClH/c1-5-3-6(12-2)4-7(9-5)8(10)11;/h3-4H,1-2H3,(H,10,11);1H. The van der Waals surface area contributed by atoms with Crippen LogP contribution >= 0.6 is 12.4 Å². The molecule has 0 fully saturated rings. The van der Waals surface area contributed by atoms with Crippen molar-refractivity contribution in [3.05, 3.63) is 23.5 Å². The van der Waals surface area contributed by atoms with Crippen LogP contribution in [-0.2, 0) is 0 Å². The van der Waals surface area contributed by atoms with Crippen molar-refractivity contribution in [1.82, 2.24) is 4.98 Å². The highest BCUT2D eigenvalue weighted by Crippen LogP contribution is 2.12. The van der Waals surface area contributed by atoms with Crippen molar-refractivity contribution < 1.29 is 14.6 Å². The monoisotopic (exact) mass is 203 g/mol. The SMILES string of the molecule is COc1cc(C)nc(C(=O)O)c1.Cl. The van der Waals surface area contributed by atoms with Crippen LogP contribution in [0.5, 0.6) is 5.75 Å².